The molecule has 0 aliphatic heterocycles. The Kier molecular flexibility index (Phi) is 5.98. The number of hydrazine groups is 1. The molecule has 8 heteroatoms. The van der Waals surface area contributed by atoms with E-state index in [-0.39, 0.29) is 5.82 Å². The normalized spacial score (nSPS) is 11.6. The number of aromatic nitrogens is 1. The Labute approximate surface area is 144 Å². The minimum atomic E-state index is -0.784. The number of anilines is 1. The quantitative estimate of drug-likeness (QED) is 0.735. The predicted octanol–water partition coefficient (Wildman–Crippen LogP) is 4.03. The van der Waals surface area contributed by atoms with Crippen LogP contribution in [0.15, 0.2) is 22.8 Å². The maximum atomic E-state index is 12.3. The van der Waals surface area contributed by atoms with E-state index in [0.29, 0.717) is 0 Å². The van der Waals surface area contributed by atoms with Crippen LogP contribution >= 0.6 is 15.9 Å². The number of nitrogens with one attached hydrogen (secondary N) is 1. The van der Waals surface area contributed by atoms with Gasteiger partial charge in [0.2, 0.25) is 0 Å². The van der Waals surface area contributed by atoms with Gasteiger partial charge < -0.3 is 9.47 Å². The van der Waals surface area contributed by atoms with Gasteiger partial charge >= 0.3 is 12.2 Å². The van der Waals surface area contributed by atoms with Gasteiger partial charge in [-0.05, 0) is 69.6 Å². The molecule has 7 nitrogen and oxygen atoms in total. The van der Waals surface area contributed by atoms with Gasteiger partial charge in [0, 0.05) is 10.7 Å². The highest BCUT2D eigenvalue weighted by atomic mass is 79.9. The van der Waals surface area contributed by atoms with Gasteiger partial charge in [-0.15, -0.1) is 0 Å². The van der Waals surface area contributed by atoms with Gasteiger partial charge in [0.05, 0.1) is 0 Å². The highest BCUT2D eigenvalue weighted by Crippen LogP contribution is 2.17. The number of hydrogen-bond donors (Lipinski definition) is 1. The lowest BCUT2D eigenvalue weighted by Crippen LogP contribution is -2.50. The fraction of sp³-hybridized carbons (Fsp3) is 0.533. The average molecular weight is 388 g/mol. The first-order chi connectivity index (χ1) is 10.4. The molecule has 1 rings (SSSR count). The van der Waals surface area contributed by atoms with Gasteiger partial charge in [-0.1, -0.05) is 0 Å². The van der Waals surface area contributed by atoms with Gasteiger partial charge in [-0.3, -0.25) is 0 Å². The van der Waals surface area contributed by atoms with Crippen LogP contribution in [0.4, 0.5) is 15.4 Å². The highest BCUT2D eigenvalue weighted by molar-refractivity contribution is 9.10. The van der Waals surface area contributed by atoms with Crippen LogP contribution in [0, 0.1) is 0 Å². The Hall–Kier alpha value is -1.83. The summed E-state index contributed by atoms with van der Waals surface area (Å²) in [6.45, 7) is 10.4. The van der Waals surface area contributed by atoms with Crippen molar-refractivity contribution in [3.63, 3.8) is 0 Å². The van der Waals surface area contributed by atoms with Crippen LogP contribution in [0.2, 0.25) is 0 Å². The van der Waals surface area contributed by atoms with Crippen molar-refractivity contribution in [2.45, 2.75) is 52.7 Å². The molecule has 23 heavy (non-hydrogen) atoms. The summed E-state index contributed by atoms with van der Waals surface area (Å²) >= 11 is 3.26. The standard InChI is InChI=1S/C15H22BrN3O4/c1-14(2,3)22-12(20)18-19(13(21)23-15(4,5)6)11-8-7-10(16)9-17-11/h7-9H,1-6H3,(H,18,20). The molecule has 1 aromatic rings. The molecule has 0 aliphatic rings. The molecule has 0 bridgehead atoms. The molecule has 0 saturated carbocycles. The van der Waals surface area contributed by atoms with Gasteiger partial charge in [0.25, 0.3) is 0 Å². The molecular formula is C15H22BrN3O4. The zero-order valence-electron chi connectivity index (χ0n) is 14.1. The molecular weight excluding hydrogens is 366 g/mol. The SMILES string of the molecule is CC(C)(C)OC(=O)NN(C(=O)OC(C)(C)C)c1ccc(Br)cn1. The van der Waals surface area contributed by atoms with Gasteiger partial charge in [0.1, 0.15) is 11.2 Å². The molecule has 1 heterocycles. The van der Waals surface area contributed by atoms with Crippen molar-refractivity contribution in [2.24, 2.45) is 0 Å². The molecule has 0 aromatic carbocycles. The second-order valence-electron chi connectivity index (χ2n) is 6.76. The smallest absolute Gasteiger partial charge is 0.435 e. The number of carbonyl (C=O) groups excluding carboxylic acids is 2. The maximum absolute atomic E-state index is 12.3. The predicted molar refractivity (Wildman–Crippen MR) is 90.0 cm³/mol. The number of ether oxygens (including phenoxy) is 2. The van der Waals surface area contributed by atoms with Crippen molar-refractivity contribution >= 4 is 33.9 Å². The number of amides is 2. The molecule has 2 amide bonds. The molecule has 1 aromatic heterocycles. The number of nitrogens with zero attached hydrogens (tertiary/aromatic N) is 2. The van der Waals surface area contributed by atoms with Crippen molar-refractivity contribution in [2.75, 3.05) is 5.01 Å². The molecule has 0 saturated heterocycles. The van der Waals surface area contributed by atoms with Gasteiger partial charge in [0.15, 0.2) is 5.82 Å². The summed E-state index contributed by atoms with van der Waals surface area (Å²) in [5.41, 5.74) is 0.932. The number of halogens is 1. The van der Waals surface area contributed by atoms with E-state index < -0.39 is 23.4 Å². The summed E-state index contributed by atoms with van der Waals surface area (Å²) in [4.78, 5) is 28.4. The molecule has 0 radical (unpaired) electrons. The van der Waals surface area contributed by atoms with Crippen molar-refractivity contribution in [1.29, 1.82) is 0 Å². The lowest BCUT2D eigenvalue weighted by atomic mass is 10.2. The van der Waals surface area contributed by atoms with Crippen LogP contribution in [0.3, 0.4) is 0 Å². The Bertz CT molecular complexity index is 562. The Morgan fingerprint density at radius 3 is 2.09 bits per heavy atom. The molecule has 0 aliphatic carbocycles. The van der Waals surface area contributed by atoms with E-state index in [2.05, 4.69) is 26.3 Å². The first-order valence-corrected chi connectivity index (χ1v) is 7.81. The zero-order valence-corrected chi connectivity index (χ0v) is 15.7. The first-order valence-electron chi connectivity index (χ1n) is 7.02. The van der Waals surface area contributed by atoms with Crippen molar-refractivity contribution in [1.82, 2.24) is 10.4 Å². The third kappa shape index (κ3) is 7.32. The minimum Gasteiger partial charge on any atom is -0.443 e. The maximum Gasteiger partial charge on any atom is 0.435 e. The first kappa shape index (κ1) is 19.2. The van der Waals surface area contributed by atoms with E-state index in [1.165, 1.54) is 6.20 Å². The summed E-state index contributed by atoms with van der Waals surface area (Å²) in [6, 6.07) is 3.25. The zero-order chi connectivity index (χ0) is 17.8. The van der Waals surface area contributed by atoms with E-state index in [4.69, 9.17) is 9.47 Å². The largest absolute Gasteiger partial charge is 0.443 e. The van der Waals surface area contributed by atoms with E-state index in [0.717, 1.165) is 9.48 Å². The van der Waals surface area contributed by atoms with E-state index >= 15 is 0 Å². The fourth-order valence-electron chi connectivity index (χ4n) is 1.40. The van der Waals surface area contributed by atoms with Crippen molar-refractivity contribution in [3.8, 4) is 0 Å². The van der Waals surface area contributed by atoms with Gasteiger partial charge in [-0.25, -0.2) is 20.0 Å². The molecule has 128 valence electrons. The average Bonchev–Trinajstić information content (AvgIpc) is 2.33. The Morgan fingerprint density at radius 1 is 1.09 bits per heavy atom. The lowest BCUT2D eigenvalue weighted by Gasteiger charge is -2.28. The van der Waals surface area contributed by atoms with Crippen LogP contribution in [-0.4, -0.2) is 28.4 Å². The van der Waals surface area contributed by atoms with Crippen LogP contribution in [0.25, 0.3) is 0 Å². The number of carbonyl (C=O) groups is 2. The summed E-state index contributed by atoms with van der Waals surface area (Å²) in [5.74, 6) is 0.202. The van der Waals surface area contributed by atoms with Crippen LogP contribution in [0.5, 0.6) is 0 Å². The molecule has 0 fully saturated rings. The molecule has 0 atom stereocenters. The topological polar surface area (TPSA) is 80.8 Å². The van der Waals surface area contributed by atoms with Crippen molar-refractivity contribution < 1.29 is 19.1 Å². The number of hydrogen-bond acceptors (Lipinski definition) is 5. The van der Waals surface area contributed by atoms with Gasteiger partial charge in [-0.2, -0.15) is 5.01 Å². The van der Waals surface area contributed by atoms with Crippen molar-refractivity contribution in [3.05, 3.63) is 22.8 Å². The Balaban J connectivity index is 2.99. The summed E-state index contributed by atoms with van der Waals surface area (Å²) < 4.78 is 11.2. The van der Waals surface area contributed by atoms with E-state index in [9.17, 15) is 9.59 Å². The van der Waals surface area contributed by atoms with Crippen LogP contribution in [0.1, 0.15) is 41.5 Å². The number of pyridine rings is 1. The third-order valence-corrected chi connectivity index (χ3v) is 2.59. The molecule has 0 unspecified atom stereocenters. The Morgan fingerprint density at radius 2 is 1.65 bits per heavy atom. The van der Waals surface area contributed by atoms with E-state index in [1.807, 2.05) is 0 Å². The molecule has 0 spiro atoms. The lowest BCUT2D eigenvalue weighted by molar-refractivity contribution is 0.0424. The summed E-state index contributed by atoms with van der Waals surface area (Å²) in [5, 5.41) is 0.908. The third-order valence-electron chi connectivity index (χ3n) is 2.12. The fourth-order valence-corrected chi connectivity index (χ4v) is 1.63. The molecule has 1 N–H and O–H groups in total. The van der Waals surface area contributed by atoms with Crippen LogP contribution in [-0.2, 0) is 9.47 Å². The monoisotopic (exact) mass is 387 g/mol. The second-order valence-corrected chi connectivity index (χ2v) is 7.68. The number of rotatable bonds is 1. The van der Waals surface area contributed by atoms with Crippen LogP contribution < -0.4 is 10.4 Å². The minimum absolute atomic E-state index is 0.202. The summed E-state index contributed by atoms with van der Waals surface area (Å²) in [7, 11) is 0. The summed E-state index contributed by atoms with van der Waals surface area (Å²) in [6.07, 6.45) is -0.0463. The second kappa shape index (κ2) is 7.16. The highest BCUT2D eigenvalue weighted by Gasteiger charge is 2.27. The van der Waals surface area contributed by atoms with E-state index in [1.54, 1.807) is 53.7 Å².